The minimum Gasteiger partial charge on any atom is -0.486 e. The van der Waals surface area contributed by atoms with Gasteiger partial charge in [0.15, 0.2) is 11.5 Å². The molecule has 0 saturated heterocycles. The molecule has 1 N–H and O–H groups in total. The molecule has 19 heavy (non-hydrogen) atoms. The van der Waals surface area contributed by atoms with E-state index in [1.165, 1.54) is 6.42 Å². The van der Waals surface area contributed by atoms with E-state index in [2.05, 4.69) is 0 Å². The van der Waals surface area contributed by atoms with Crippen LogP contribution in [0, 0.1) is 17.8 Å². The lowest BCUT2D eigenvalue weighted by Crippen LogP contribution is -2.17. The van der Waals surface area contributed by atoms with Crippen molar-refractivity contribution in [3.8, 4) is 11.5 Å². The van der Waals surface area contributed by atoms with Gasteiger partial charge in [0.25, 0.3) is 0 Å². The van der Waals surface area contributed by atoms with E-state index in [-0.39, 0.29) is 0 Å². The van der Waals surface area contributed by atoms with Crippen molar-refractivity contribution < 1.29 is 14.6 Å². The quantitative estimate of drug-likeness (QED) is 0.904. The lowest BCUT2D eigenvalue weighted by molar-refractivity contribution is 0.103. The van der Waals surface area contributed by atoms with E-state index in [1.54, 1.807) is 6.07 Å². The van der Waals surface area contributed by atoms with Crippen LogP contribution >= 0.6 is 11.6 Å². The average Bonchev–Trinajstić information content (AvgIpc) is 3.03. The number of rotatable bonds is 2. The molecule has 0 bridgehead atoms. The van der Waals surface area contributed by atoms with Gasteiger partial charge in [0.05, 0.1) is 11.1 Å². The predicted octanol–water partition coefficient (Wildman–Crippen LogP) is 3.19. The summed E-state index contributed by atoms with van der Waals surface area (Å²) in [5.74, 6) is 3.45. The predicted molar refractivity (Wildman–Crippen MR) is 71.7 cm³/mol. The lowest BCUT2D eigenvalue weighted by Gasteiger charge is -2.24. The molecule has 2 fully saturated rings. The zero-order valence-corrected chi connectivity index (χ0v) is 11.4. The normalized spacial score (nSPS) is 32.8. The molecule has 1 aliphatic heterocycles. The van der Waals surface area contributed by atoms with Gasteiger partial charge in [-0.25, -0.2) is 0 Å². The fraction of sp³-hybridized carbons (Fsp3) is 0.600. The number of aliphatic hydroxyl groups is 1. The van der Waals surface area contributed by atoms with Crippen molar-refractivity contribution in [1.82, 2.24) is 0 Å². The molecule has 2 saturated carbocycles. The molecule has 3 atom stereocenters. The zero-order chi connectivity index (χ0) is 13.0. The topological polar surface area (TPSA) is 38.7 Å². The highest BCUT2D eigenvalue weighted by Crippen LogP contribution is 2.57. The molecule has 1 aromatic carbocycles. The van der Waals surface area contributed by atoms with Crippen LogP contribution in [0.4, 0.5) is 0 Å². The van der Waals surface area contributed by atoms with Crippen LogP contribution in [0.15, 0.2) is 12.1 Å². The summed E-state index contributed by atoms with van der Waals surface area (Å²) in [7, 11) is 0. The Morgan fingerprint density at radius 2 is 1.68 bits per heavy atom. The first kappa shape index (κ1) is 11.9. The van der Waals surface area contributed by atoms with Crippen molar-refractivity contribution in [2.24, 2.45) is 17.8 Å². The maximum absolute atomic E-state index is 10.6. The van der Waals surface area contributed by atoms with E-state index < -0.39 is 6.10 Å². The van der Waals surface area contributed by atoms with Gasteiger partial charge in [-0.3, -0.25) is 0 Å². The van der Waals surface area contributed by atoms with Gasteiger partial charge < -0.3 is 14.6 Å². The van der Waals surface area contributed by atoms with Crippen LogP contribution in [0.25, 0.3) is 0 Å². The molecule has 102 valence electrons. The van der Waals surface area contributed by atoms with Crippen LogP contribution in [-0.4, -0.2) is 18.3 Å². The SMILES string of the molecule is OC(c1cc2c(cc1Cl)OCCO2)C1CC2CC2C1. The highest BCUT2D eigenvalue weighted by molar-refractivity contribution is 6.31. The third-order valence-electron chi connectivity index (χ3n) is 4.71. The molecule has 4 heteroatoms. The molecular formula is C15H17ClO3. The maximum atomic E-state index is 10.6. The first-order valence-corrected chi connectivity index (χ1v) is 7.37. The summed E-state index contributed by atoms with van der Waals surface area (Å²) in [5, 5.41) is 11.1. The number of aliphatic hydroxyl groups excluding tert-OH is 1. The van der Waals surface area contributed by atoms with Gasteiger partial charge in [-0.1, -0.05) is 11.6 Å². The molecule has 1 heterocycles. The molecule has 1 aromatic rings. The van der Waals surface area contributed by atoms with Crippen LogP contribution in [-0.2, 0) is 0 Å². The first-order chi connectivity index (χ1) is 9.22. The van der Waals surface area contributed by atoms with Crippen LogP contribution < -0.4 is 9.47 Å². The molecule has 0 amide bonds. The second kappa shape index (κ2) is 4.29. The number of ether oxygens (including phenoxy) is 2. The molecule has 2 aliphatic carbocycles. The summed E-state index contributed by atoms with van der Waals surface area (Å²) in [6.07, 6.45) is 3.15. The maximum Gasteiger partial charge on any atom is 0.162 e. The minimum atomic E-state index is -0.476. The highest BCUT2D eigenvalue weighted by atomic mass is 35.5. The second-order valence-electron chi connectivity index (χ2n) is 5.95. The summed E-state index contributed by atoms with van der Waals surface area (Å²) in [4.78, 5) is 0. The molecule has 3 aliphatic rings. The van der Waals surface area contributed by atoms with E-state index in [1.807, 2.05) is 6.07 Å². The number of halogens is 1. The Balaban J connectivity index is 1.62. The highest BCUT2D eigenvalue weighted by Gasteiger charge is 2.48. The number of fused-ring (bicyclic) bond motifs is 2. The Kier molecular flexibility index (Phi) is 2.68. The summed E-state index contributed by atoms with van der Waals surface area (Å²) in [6, 6.07) is 3.62. The fourth-order valence-electron chi connectivity index (χ4n) is 3.58. The van der Waals surface area contributed by atoms with Crippen LogP contribution in [0.1, 0.15) is 30.9 Å². The third kappa shape index (κ3) is 2.00. The van der Waals surface area contributed by atoms with Crippen LogP contribution in [0.3, 0.4) is 0 Å². The smallest absolute Gasteiger partial charge is 0.162 e. The molecule has 0 spiro atoms. The standard InChI is InChI=1S/C15H17ClO3/c16-12-7-14-13(18-1-2-19-14)6-11(12)15(17)10-4-8-3-9(8)5-10/h6-10,15,17H,1-5H2. The van der Waals surface area contributed by atoms with Crippen LogP contribution in [0.2, 0.25) is 5.02 Å². The number of hydrogen-bond acceptors (Lipinski definition) is 3. The van der Waals surface area contributed by atoms with Gasteiger partial charge in [-0.2, -0.15) is 0 Å². The lowest BCUT2D eigenvalue weighted by atomic mass is 9.91. The Labute approximate surface area is 117 Å². The Bertz CT molecular complexity index is 506. The average molecular weight is 281 g/mol. The monoisotopic (exact) mass is 280 g/mol. The van der Waals surface area contributed by atoms with E-state index >= 15 is 0 Å². The van der Waals surface area contributed by atoms with Crippen molar-refractivity contribution in [2.75, 3.05) is 13.2 Å². The largest absolute Gasteiger partial charge is 0.486 e. The molecule has 3 nitrogen and oxygen atoms in total. The van der Waals surface area contributed by atoms with Crippen molar-refractivity contribution in [2.45, 2.75) is 25.4 Å². The third-order valence-corrected chi connectivity index (χ3v) is 5.03. The van der Waals surface area contributed by atoms with E-state index in [0.717, 1.165) is 30.2 Å². The minimum absolute atomic E-state index is 0.351. The van der Waals surface area contributed by atoms with Gasteiger partial charge in [-0.15, -0.1) is 0 Å². The second-order valence-corrected chi connectivity index (χ2v) is 6.36. The molecule has 0 radical (unpaired) electrons. The molecule has 0 aromatic heterocycles. The van der Waals surface area contributed by atoms with Gasteiger partial charge in [0.1, 0.15) is 13.2 Å². The first-order valence-electron chi connectivity index (χ1n) is 6.99. The van der Waals surface area contributed by atoms with Gasteiger partial charge >= 0.3 is 0 Å². The van der Waals surface area contributed by atoms with E-state index in [9.17, 15) is 5.11 Å². The van der Waals surface area contributed by atoms with Crippen molar-refractivity contribution in [3.05, 3.63) is 22.7 Å². The Morgan fingerprint density at radius 3 is 2.37 bits per heavy atom. The number of hydrogen-bond donors (Lipinski definition) is 1. The molecule has 4 rings (SSSR count). The fourth-order valence-corrected chi connectivity index (χ4v) is 3.85. The Morgan fingerprint density at radius 1 is 1.05 bits per heavy atom. The van der Waals surface area contributed by atoms with Gasteiger partial charge in [0, 0.05) is 11.6 Å². The summed E-state index contributed by atoms with van der Waals surface area (Å²) in [6.45, 7) is 1.11. The Hall–Kier alpha value is -0.930. The van der Waals surface area contributed by atoms with Crippen LogP contribution in [0.5, 0.6) is 11.5 Å². The summed E-state index contributed by atoms with van der Waals surface area (Å²) < 4.78 is 11.1. The van der Waals surface area contributed by atoms with Crippen molar-refractivity contribution in [3.63, 3.8) is 0 Å². The van der Waals surface area contributed by atoms with Gasteiger partial charge in [-0.05, 0) is 43.1 Å². The van der Waals surface area contributed by atoms with Crippen molar-refractivity contribution in [1.29, 1.82) is 0 Å². The van der Waals surface area contributed by atoms with E-state index in [0.29, 0.717) is 35.7 Å². The molecular weight excluding hydrogens is 264 g/mol. The van der Waals surface area contributed by atoms with Gasteiger partial charge in [0.2, 0.25) is 0 Å². The summed E-state index contributed by atoms with van der Waals surface area (Å²) >= 11 is 6.29. The van der Waals surface area contributed by atoms with E-state index in [4.69, 9.17) is 21.1 Å². The summed E-state index contributed by atoms with van der Waals surface area (Å²) in [5.41, 5.74) is 0.789. The molecule has 3 unspecified atom stereocenters. The number of benzene rings is 1. The van der Waals surface area contributed by atoms with Crippen molar-refractivity contribution >= 4 is 11.6 Å². The zero-order valence-electron chi connectivity index (χ0n) is 10.6.